The van der Waals surface area contributed by atoms with E-state index < -0.39 is 37.3 Å². The number of aliphatic hydroxyl groups is 4. The first kappa shape index (κ1) is 20.6. The fraction of sp³-hybridized carbons (Fsp3) is 0.364. The number of aliphatic hydroxyl groups excluding tert-OH is 4. The Bertz CT molecular complexity index is 977. The molecule has 158 valence electrons. The molecule has 1 aromatic heterocycles. The van der Waals surface area contributed by atoms with Gasteiger partial charge >= 0.3 is 0 Å². The molecule has 1 fully saturated rings. The quantitative estimate of drug-likeness (QED) is 0.486. The van der Waals surface area contributed by atoms with E-state index in [1.807, 2.05) is 25.1 Å². The van der Waals surface area contributed by atoms with Crippen molar-refractivity contribution in [3.8, 4) is 0 Å². The molecular formula is C22H24N2O6. The number of pyridine rings is 1. The van der Waals surface area contributed by atoms with Gasteiger partial charge in [0.2, 0.25) is 0 Å². The Balaban J connectivity index is 1.61. The number of benzene rings is 1. The van der Waals surface area contributed by atoms with Crippen LogP contribution in [0.4, 0.5) is 5.69 Å². The minimum absolute atomic E-state index is 0.00521. The minimum Gasteiger partial charge on any atom is -0.394 e. The van der Waals surface area contributed by atoms with Crippen LogP contribution in [0.25, 0.3) is 11.1 Å². The van der Waals surface area contributed by atoms with Crippen molar-refractivity contribution in [2.24, 2.45) is 0 Å². The van der Waals surface area contributed by atoms with E-state index in [-0.39, 0.29) is 12.2 Å². The first-order chi connectivity index (χ1) is 14.4. The Morgan fingerprint density at radius 3 is 2.57 bits per heavy atom. The normalized spacial score (nSPS) is 29.0. The van der Waals surface area contributed by atoms with E-state index >= 15 is 0 Å². The van der Waals surface area contributed by atoms with Crippen molar-refractivity contribution in [1.82, 2.24) is 4.98 Å². The molecule has 1 aromatic carbocycles. The van der Waals surface area contributed by atoms with Crippen LogP contribution in [0.1, 0.15) is 23.6 Å². The molecule has 0 bridgehead atoms. The van der Waals surface area contributed by atoms with Crippen molar-refractivity contribution < 1.29 is 30.0 Å². The number of aromatic nitrogens is 1. The smallest absolute Gasteiger partial charge is 0.178 e. The maximum atomic E-state index is 12.8. The summed E-state index contributed by atoms with van der Waals surface area (Å²) in [7, 11) is 0. The molecule has 5 atom stereocenters. The summed E-state index contributed by atoms with van der Waals surface area (Å²) in [5.41, 5.74) is 4.74. The fourth-order valence-electron chi connectivity index (χ4n) is 4.14. The SMILES string of the molecule is CC1=C(c2ccncc2)C(=O)Cc2cc(NC3C(O)OC(CO)[C@@H](O)[C@@H]3O)ccc21. The summed E-state index contributed by atoms with van der Waals surface area (Å²) >= 11 is 0. The Labute approximate surface area is 173 Å². The van der Waals surface area contributed by atoms with Gasteiger partial charge in [0.25, 0.3) is 0 Å². The van der Waals surface area contributed by atoms with E-state index in [1.54, 1.807) is 24.5 Å². The number of anilines is 1. The molecule has 2 aromatic rings. The Morgan fingerprint density at radius 1 is 1.13 bits per heavy atom. The summed E-state index contributed by atoms with van der Waals surface area (Å²) in [5.74, 6) is 0.00521. The second-order valence-corrected chi connectivity index (χ2v) is 7.61. The first-order valence-corrected chi connectivity index (χ1v) is 9.75. The van der Waals surface area contributed by atoms with Gasteiger partial charge in [-0.05, 0) is 53.5 Å². The number of rotatable bonds is 4. The predicted molar refractivity (Wildman–Crippen MR) is 109 cm³/mol. The predicted octanol–water partition coefficient (Wildman–Crippen LogP) is 0.349. The van der Waals surface area contributed by atoms with Crippen molar-refractivity contribution in [2.75, 3.05) is 11.9 Å². The summed E-state index contributed by atoms with van der Waals surface area (Å²) in [4.78, 5) is 16.8. The van der Waals surface area contributed by atoms with Crippen molar-refractivity contribution in [1.29, 1.82) is 0 Å². The van der Waals surface area contributed by atoms with Gasteiger partial charge in [-0.2, -0.15) is 0 Å². The van der Waals surface area contributed by atoms with Gasteiger partial charge in [0.15, 0.2) is 12.1 Å². The molecule has 0 saturated carbocycles. The standard InChI is InChI=1S/C22H24N2O6/c1-11-15-3-2-14(24-19-21(28)20(27)17(10-25)30-22(19)29)8-13(15)9-16(26)18(11)12-4-6-23-7-5-12/h2-8,17,19-22,24-25,27-29H,9-10H2,1H3/t17?,19?,20-,21-,22?/m1/s1. The Morgan fingerprint density at radius 2 is 1.87 bits per heavy atom. The molecule has 1 aliphatic heterocycles. The number of nitrogens with zero attached hydrogens (tertiary/aromatic N) is 1. The lowest BCUT2D eigenvalue weighted by molar-refractivity contribution is -0.245. The van der Waals surface area contributed by atoms with Crippen molar-refractivity contribution >= 4 is 22.6 Å². The van der Waals surface area contributed by atoms with Gasteiger partial charge in [0.1, 0.15) is 24.4 Å². The molecule has 0 spiro atoms. The third-order valence-corrected chi connectivity index (χ3v) is 5.72. The largest absolute Gasteiger partial charge is 0.394 e. The van der Waals surface area contributed by atoms with Crippen molar-refractivity contribution in [2.45, 2.75) is 44.0 Å². The minimum atomic E-state index is -1.42. The number of hydrogen-bond donors (Lipinski definition) is 5. The molecule has 2 aliphatic rings. The zero-order valence-electron chi connectivity index (χ0n) is 16.4. The van der Waals surface area contributed by atoms with E-state index in [2.05, 4.69) is 10.3 Å². The Hall–Kier alpha value is -2.62. The van der Waals surface area contributed by atoms with Crippen LogP contribution in [0.2, 0.25) is 0 Å². The van der Waals surface area contributed by atoms with Gasteiger partial charge in [0.05, 0.1) is 6.61 Å². The molecule has 0 amide bonds. The molecule has 0 radical (unpaired) electrons. The van der Waals surface area contributed by atoms with Gasteiger partial charge in [-0.25, -0.2) is 0 Å². The van der Waals surface area contributed by atoms with Gasteiger partial charge in [-0.1, -0.05) is 6.07 Å². The highest BCUT2D eigenvalue weighted by atomic mass is 16.6. The molecule has 4 rings (SSSR count). The van der Waals surface area contributed by atoms with Crippen LogP contribution in [-0.4, -0.2) is 68.4 Å². The molecule has 30 heavy (non-hydrogen) atoms. The first-order valence-electron chi connectivity index (χ1n) is 9.75. The summed E-state index contributed by atoms with van der Waals surface area (Å²) in [5, 5.41) is 42.7. The number of nitrogens with one attached hydrogen (secondary N) is 1. The van der Waals surface area contributed by atoms with Gasteiger partial charge in [-0.15, -0.1) is 0 Å². The van der Waals surface area contributed by atoms with Crippen LogP contribution in [0, 0.1) is 0 Å². The van der Waals surface area contributed by atoms with Crippen molar-refractivity contribution in [3.63, 3.8) is 0 Å². The molecule has 3 unspecified atom stereocenters. The third kappa shape index (κ3) is 3.64. The van der Waals surface area contributed by atoms with Crippen molar-refractivity contribution in [3.05, 3.63) is 59.4 Å². The maximum absolute atomic E-state index is 12.8. The van der Waals surface area contributed by atoms with E-state index in [9.17, 15) is 25.2 Å². The summed E-state index contributed by atoms with van der Waals surface area (Å²) in [6.45, 7) is 1.39. The fourth-order valence-corrected chi connectivity index (χ4v) is 4.14. The molecule has 5 N–H and O–H groups in total. The van der Waals surface area contributed by atoms with E-state index in [1.165, 1.54) is 0 Å². The molecular weight excluding hydrogens is 388 g/mol. The highest BCUT2D eigenvalue weighted by molar-refractivity contribution is 6.30. The monoisotopic (exact) mass is 412 g/mol. The number of ketones is 1. The van der Waals surface area contributed by atoms with Gasteiger partial charge in [0, 0.05) is 30.1 Å². The number of allylic oxidation sites excluding steroid dienone is 2. The molecule has 8 nitrogen and oxygen atoms in total. The number of carbonyl (C=O) groups excluding carboxylic acids is 1. The topological polar surface area (TPSA) is 132 Å². The average molecular weight is 412 g/mol. The number of Topliss-reactive ketones (excluding diaryl/α,β-unsaturated/α-hetero) is 1. The highest BCUT2D eigenvalue weighted by Crippen LogP contribution is 2.36. The van der Waals surface area contributed by atoms with Crippen LogP contribution in [0.3, 0.4) is 0 Å². The summed E-state index contributed by atoms with van der Waals surface area (Å²) < 4.78 is 5.18. The van der Waals surface area contributed by atoms with E-state index in [4.69, 9.17) is 4.74 Å². The lowest BCUT2D eigenvalue weighted by Crippen LogP contribution is -2.61. The highest BCUT2D eigenvalue weighted by Gasteiger charge is 2.43. The number of ether oxygens (including phenoxy) is 1. The molecule has 8 heteroatoms. The number of fused-ring (bicyclic) bond motifs is 1. The van der Waals surface area contributed by atoms with Gasteiger partial charge in [-0.3, -0.25) is 9.78 Å². The second kappa shape index (κ2) is 8.25. The molecule has 1 saturated heterocycles. The van der Waals surface area contributed by atoms with Crippen LogP contribution >= 0.6 is 0 Å². The lowest BCUT2D eigenvalue weighted by atomic mass is 9.82. The Kier molecular flexibility index (Phi) is 5.68. The third-order valence-electron chi connectivity index (χ3n) is 5.72. The number of carbonyl (C=O) groups is 1. The molecule has 2 heterocycles. The number of hydrogen-bond acceptors (Lipinski definition) is 8. The zero-order chi connectivity index (χ0) is 21.4. The second-order valence-electron chi connectivity index (χ2n) is 7.61. The zero-order valence-corrected chi connectivity index (χ0v) is 16.4. The van der Waals surface area contributed by atoms with Crippen LogP contribution < -0.4 is 5.32 Å². The van der Waals surface area contributed by atoms with E-state index in [0.29, 0.717) is 11.3 Å². The van der Waals surface area contributed by atoms with Crippen LogP contribution in [-0.2, 0) is 16.0 Å². The summed E-state index contributed by atoms with van der Waals surface area (Å²) in [6, 6.07) is 8.10. The van der Waals surface area contributed by atoms with Crippen LogP contribution in [0.15, 0.2) is 42.7 Å². The summed E-state index contributed by atoms with van der Waals surface area (Å²) in [6.07, 6.45) is -1.63. The van der Waals surface area contributed by atoms with Crippen LogP contribution in [0.5, 0.6) is 0 Å². The lowest BCUT2D eigenvalue weighted by Gasteiger charge is -2.40. The molecule has 1 aliphatic carbocycles. The maximum Gasteiger partial charge on any atom is 0.178 e. The average Bonchev–Trinajstić information content (AvgIpc) is 2.74. The van der Waals surface area contributed by atoms with Gasteiger partial charge < -0.3 is 30.5 Å². The van der Waals surface area contributed by atoms with E-state index in [0.717, 1.165) is 22.3 Å².